The molecule has 0 spiro atoms. The van der Waals surface area contributed by atoms with Crippen LogP contribution in [0.15, 0.2) is 23.3 Å². The number of nitro groups is 1. The van der Waals surface area contributed by atoms with Gasteiger partial charge in [0.25, 0.3) is 5.69 Å². The summed E-state index contributed by atoms with van der Waals surface area (Å²) in [7, 11) is 0. The van der Waals surface area contributed by atoms with E-state index in [1.54, 1.807) is 6.07 Å². The third-order valence-electron chi connectivity index (χ3n) is 1.76. The summed E-state index contributed by atoms with van der Waals surface area (Å²) in [6, 6.07) is 5.76. The van der Waals surface area contributed by atoms with Gasteiger partial charge in [-0.15, -0.1) is 0 Å². The molecule has 0 aliphatic rings. The highest BCUT2D eigenvalue weighted by atomic mass is 16.6. The van der Waals surface area contributed by atoms with Gasteiger partial charge in [-0.2, -0.15) is 5.26 Å². The molecule has 0 aliphatic heterocycles. The van der Waals surface area contributed by atoms with E-state index < -0.39 is 4.92 Å². The van der Waals surface area contributed by atoms with Gasteiger partial charge in [-0.25, -0.2) is 0 Å². The van der Waals surface area contributed by atoms with E-state index in [-0.39, 0.29) is 17.8 Å². The lowest BCUT2D eigenvalue weighted by molar-refractivity contribution is -0.385. The van der Waals surface area contributed by atoms with Crippen LogP contribution in [0.2, 0.25) is 0 Å². The van der Waals surface area contributed by atoms with Crippen molar-refractivity contribution in [3.8, 4) is 17.9 Å². The van der Waals surface area contributed by atoms with E-state index in [4.69, 9.17) is 10.8 Å². The Kier molecular flexibility index (Phi) is 4.09. The zero-order valence-corrected chi connectivity index (χ0v) is 8.49. The molecule has 1 aromatic rings. The number of nitrogens with zero attached hydrogens (tertiary/aromatic N) is 5. The molecule has 0 radical (unpaired) electrons. The molecular formula is C10H5N5O2. The average Bonchev–Trinajstić information content (AvgIpc) is 2.34. The molecule has 0 N–H and O–H groups in total. The van der Waals surface area contributed by atoms with Crippen LogP contribution in [-0.2, 0) is 0 Å². The lowest BCUT2D eigenvalue weighted by atomic mass is 10.1. The first-order valence-corrected chi connectivity index (χ1v) is 4.37. The minimum absolute atomic E-state index is 0.00962. The predicted molar refractivity (Wildman–Crippen MR) is 58.7 cm³/mol. The first-order valence-electron chi connectivity index (χ1n) is 4.37. The van der Waals surface area contributed by atoms with Crippen LogP contribution in [0.3, 0.4) is 0 Å². The van der Waals surface area contributed by atoms with Crippen LogP contribution in [0, 0.1) is 33.3 Å². The van der Waals surface area contributed by atoms with Crippen LogP contribution < -0.4 is 0 Å². The van der Waals surface area contributed by atoms with Crippen molar-refractivity contribution >= 4 is 5.69 Å². The van der Waals surface area contributed by atoms with Gasteiger partial charge in [-0.05, 0) is 17.7 Å². The first-order chi connectivity index (χ1) is 8.19. The molecule has 0 fully saturated rings. The summed E-state index contributed by atoms with van der Waals surface area (Å²) < 4.78 is 0. The standard InChI is InChI=1S/C10H5N5O2/c11-7-9-4-3-8(2-1-5-13-14-12)6-10(9)15(16)17/h3-4,6H,5H2. The van der Waals surface area contributed by atoms with E-state index in [0.29, 0.717) is 5.56 Å². The Labute approximate surface area is 96.1 Å². The maximum atomic E-state index is 10.6. The fourth-order valence-electron chi connectivity index (χ4n) is 1.06. The lowest BCUT2D eigenvalue weighted by Gasteiger charge is -1.94. The Morgan fingerprint density at radius 2 is 2.35 bits per heavy atom. The monoisotopic (exact) mass is 227 g/mol. The van der Waals surface area contributed by atoms with Crippen molar-refractivity contribution in [1.29, 1.82) is 5.26 Å². The molecular weight excluding hydrogens is 222 g/mol. The molecule has 1 rings (SSSR count). The van der Waals surface area contributed by atoms with E-state index in [1.807, 2.05) is 0 Å². The summed E-state index contributed by atoms with van der Waals surface area (Å²) in [5.41, 5.74) is 8.10. The molecule has 0 aromatic heterocycles. The molecule has 82 valence electrons. The maximum Gasteiger partial charge on any atom is 0.288 e. The van der Waals surface area contributed by atoms with Crippen molar-refractivity contribution in [2.45, 2.75) is 0 Å². The third-order valence-corrected chi connectivity index (χ3v) is 1.76. The Morgan fingerprint density at radius 3 is 2.94 bits per heavy atom. The number of nitro benzene ring substituents is 1. The van der Waals surface area contributed by atoms with E-state index >= 15 is 0 Å². The topological polar surface area (TPSA) is 116 Å². The van der Waals surface area contributed by atoms with Gasteiger partial charge < -0.3 is 0 Å². The van der Waals surface area contributed by atoms with Crippen LogP contribution in [0.4, 0.5) is 5.69 Å². The van der Waals surface area contributed by atoms with Crippen molar-refractivity contribution in [3.63, 3.8) is 0 Å². The van der Waals surface area contributed by atoms with Crippen LogP contribution in [0.25, 0.3) is 10.4 Å². The summed E-state index contributed by atoms with van der Waals surface area (Å²) in [5, 5.41) is 22.5. The van der Waals surface area contributed by atoms with Gasteiger partial charge >= 0.3 is 0 Å². The molecule has 0 aliphatic carbocycles. The molecule has 0 bridgehead atoms. The molecule has 7 heteroatoms. The van der Waals surface area contributed by atoms with Crippen LogP contribution in [0.5, 0.6) is 0 Å². The van der Waals surface area contributed by atoms with Crippen molar-refractivity contribution in [3.05, 3.63) is 49.9 Å². The lowest BCUT2D eigenvalue weighted by Crippen LogP contribution is -1.92. The Morgan fingerprint density at radius 1 is 1.59 bits per heavy atom. The molecule has 0 atom stereocenters. The summed E-state index contributed by atoms with van der Waals surface area (Å²) in [6.45, 7) is -0.00962. The Bertz CT molecular complexity index is 599. The zero-order chi connectivity index (χ0) is 12.7. The molecule has 17 heavy (non-hydrogen) atoms. The van der Waals surface area contributed by atoms with E-state index in [9.17, 15) is 10.1 Å². The highest BCUT2D eigenvalue weighted by Crippen LogP contribution is 2.18. The van der Waals surface area contributed by atoms with Gasteiger partial charge in [0, 0.05) is 16.5 Å². The number of benzene rings is 1. The minimum atomic E-state index is -0.642. The first kappa shape index (κ1) is 12.1. The number of nitriles is 1. The van der Waals surface area contributed by atoms with Crippen LogP contribution in [-0.4, -0.2) is 11.5 Å². The van der Waals surface area contributed by atoms with Crippen molar-refractivity contribution < 1.29 is 4.92 Å². The smallest absolute Gasteiger partial charge is 0.258 e. The molecule has 0 saturated carbocycles. The summed E-state index contributed by atoms with van der Waals surface area (Å²) in [4.78, 5) is 12.5. The van der Waals surface area contributed by atoms with Gasteiger partial charge in [-0.3, -0.25) is 10.1 Å². The molecule has 1 aromatic carbocycles. The molecule has 0 heterocycles. The fourth-order valence-corrected chi connectivity index (χ4v) is 1.06. The van der Waals surface area contributed by atoms with Crippen molar-refractivity contribution in [1.82, 2.24) is 0 Å². The quantitative estimate of drug-likeness (QED) is 0.192. The second kappa shape index (κ2) is 5.76. The zero-order valence-electron chi connectivity index (χ0n) is 8.49. The van der Waals surface area contributed by atoms with Crippen molar-refractivity contribution in [2.75, 3.05) is 6.54 Å². The minimum Gasteiger partial charge on any atom is -0.258 e. The number of hydrogen-bond acceptors (Lipinski definition) is 4. The molecule has 7 nitrogen and oxygen atoms in total. The fraction of sp³-hybridized carbons (Fsp3) is 0.100. The molecule has 0 unspecified atom stereocenters. The van der Waals surface area contributed by atoms with E-state index in [1.165, 1.54) is 18.2 Å². The molecule has 0 saturated heterocycles. The van der Waals surface area contributed by atoms with Gasteiger partial charge in [0.05, 0.1) is 11.5 Å². The molecule has 0 amide bonds. The highest BCUT2D eigenvalue weighted by molar-refractivity contribution is 5.53. The predicted octanol–water partition coefficient (Wildman–Crippen LogP) is 2.13. The normalized spacial score (nSPS) is 8.18. The van der Waals surface area contributed by atoms with Gasteiger partial charge in [0.1, 0.15) is 11.6 Å². The van der Waals surface area contributed by atoms with E-state index in [0.717, 1.165) is 0 Å². The summed E-state index contributed by atoms with van der Waals surface area (Å²) in [6.07, 6.45) is 0. The number of hydrogen-bond donors (Lipinski definition) is 0. The highest BCUT2D eigenvalue weighted by Gasteiger charge is 2.13. The summed E-state index contributed by atoms with van der Waals surface area (Å²) >= 11 is 0. The Hall–Kier alpha value is -3.02. The second-order valence-electron chi connectivity index (χ2n) is 2.79. The van der Waals surface area contributed by atoms with Gasteiger partial charge in [0.15, 0.2) is 0 Å². The third kappa shape index (κ3) is 3.24. The number of rotatable bonds is 2. The van der Waals surface area contributed by atoms with E-state index in [2.05, 4.69) is 21.9 Å². The van der Waals surface area contributed by atoms with Crippen LogP contribution in [0.1, 0.15) is 11.1 Å². The van der Waals surface area contributed by atoms with Crippen molar-refractivity contribution in [2.24, 2.45) is 5.11 Å². The maximum absolute atomic E-state index is 10.6. The van der Waals surface area contributed by atoms with Crippen LogP contribution >= 0.6 is 0 Å². The average molecular weight is 227 g/mol. The number of azide groups is 1. The SMILES string of the molecule is N#Cc1ccc(C#CCN=[N+]=[N-])cc1[N+](=O)[O-]. The van der Waals surface area contributed by atoms with Gasteiger partial charge in [-0.1, -0.05) is 17.0 Å². The summed E-state index contributed by atoms with van der Waals surface area (Å²) in [5.74, 6) is 5.13. The van der Waals surface area contributed by atoms with Gasteiger partial charge in [0.2, 0.25) is 0 Å². The second-order valence-corrected chi connectivity index (χ2v) is 2.79. The largest absolute Gasteiger partial charge is 0.288 e. The Balaban J connectivity index is 3.08.